The van der Waals surface area contributed by atoms with Gasteiger partial charge in [0.2, 0.25) is 0 Å². The van der Waals surface area contributed by atoms with Crippen LogP contribution in [-0.2, 0) is 11.2 Å². The lowest BCUT2D eigenvalue weighted by atomic mass is 10.0. The highest BCUT2D eigenvalue weighted by molar-refractivity contribution is 9.10. The lowest BCUT2D eigenvalue weighted by Gasteiger charge is -2.04. The molecule has 2 nitrogen and oxygen atoms in total. The molecule has 1 aromatic rings. The first kappa shape index (κ1) is 13.3. The number of nitrogens with two attached hydrogens (primary N) is 1. The normalized spacial score (nSPS) is 10.4. The third kappa shape index (κ3) is 4.41. The van der Waals surface area contributed by atoms with Gasteiger partial charge < -0.3 is 5.73 Å². The van der Waals surface area contributed by atoms with Gasteiger partial charge in [-0.15, -0.1) is 0 Å². The molecular weight excluding hydrogens is 273 g/mol. The average molecular weight is 288 g/mol. The van der Waals surface area contributed by atoms with Crippen LogP contribution in [-0.4, -0.2) is 12.3 Å². The second-order valence-corrected chi connectivity index (χ2v) is 4.55. The fraction of sp³-hybridized carbons (Fsp3) is 0.417. The summed E-state index contributed by atoms with van der Waals surface area (Å²) in [6.45, 7) is 0.619. The van der Waals surface area contributed by atoms with Crippen LogP contribution in [0.1, 0.15) is 24.8 Å². The van der Waals surface area contributed by atoms with Gasteiger partial charge in [-0.3, -0.25) is 4.79 Å². The molecule has 4 heteroatoms. The smallest absolute Gasteiger partial charge is 0.137 e. The van der Waals surface area contributed by atoms with E-state index in [0.717, 1.165) is 18.4 Å². The van der Waals surface area contributed by atoms with E-state index in [1.54, 1.807) is 6.07 Å². The lowest BCUT2D eigenvalue weighted by molar-refractivity contribution is -0.118. The van der Waals surface area contributed by atoms with Crippen molar-refractivity contribution in [1.29, 1.82) is 0 Å². The van der Waals surface area contributed by atoms with E-state index in [9.17, 15) is 9.18 Å². The Hall–Kier alpha value is -0.740. The molecule has 0 atom stereocenters. The Morgan fingerprint density at radius 3 is 2.75 bits per heavy atom. The van der Waals surface area contributed by atoms with Crippen LogP contribution in [0.15, 0.2) is 22.7 Å². The average Bonchev–Trinajstić information content (AvgIpc) is 2.23. The van der Waals surface area contributed by atoms with Crippen LogP contribution in [0.2, 0.25) is 0 Å². The summed E-state index contributed by atoms with van der Waals surface area (Å²) in [4.78, 5) is 11.6. The summed E-state index contributed by atoms with van der Waals surface area (Å²) in [6.07, 6.45) is 2.59. The van der Waals surface area contributed by atoms with Gasteiger partial charge >= 0.3 is 0 Å². The van der Waals surface area contributed by atoms with Crippen LogP contribution in [0.4, 0.5) is 4.39 Å². The predicted octanol–water partition coefficient (Wildman–Crippen LogP) is 2.83. The molecule has 0 bridgehead atoms. The molecular formula is C12H15BrFNO. The Morgan fingerprint density at radius 1 is 1.38 bits per heavy atom. The molecule has 0 aliphatic carbocycles. The molecule has 0 aliphatic heterocycles. The maximum atomic E-state index is 12.8. The van der Waals surface area contributed by atoms with E-state index in [-0.39, 0.29) is 11.6 Å². The molecule has 0 spiro atoms. The van der Waals surface area contributed by atoms with E-state index in [0.29, 0.717) is 23.9 Å². The summed E-state index contributed by atoms with van der Waals surface area (Å²) in [5, 5.41) is 0. The number of hydrogen-bond donors (Lipinski definition) is 1. The summed E-state index contributed by atoms with van der Waals surface area (Å²) in [5.41, 5.74) is 6.18. The van der Waals surface area contributed by atoms with Gasteiger partial charge in [-0.05, 0) is 37.1 Å². The summed E-state index contributed by atoms with van der Waals surface area (Å²) in [7, 11) is 0. The molecule has 1 rings (SSSR count). The zero-order chi connectivity index (χ0) is 12.0. The zero-order valence-corrected chi connectivity index (χ0v) is 10.6. The van der Waals surface area contributed by atoms with E-state index in [2.05, 4.69) is 15.9 Å². The van der Waals surface area contributed by atoms with E-state index >= 15 is 0 Å². The molecule has 0 saturated heterocycles. The zero-order valence-electron chi connectivity index (χ0n) is 9.01. The van der Waals surface area contributed by atoms with Crippen LogP contribution in [0.25, 0.3) is 0 Å². The summed E-state index contributed by atoms with van der Waals surface area (Å²) < 4.78 is 13.5. The van der Waals surface area contributed by atoms with Gasteiger partial charge in [0.1, 0.15) is 11.6 Å². The van der Waals surface area contributed by atoms with Crippen LogP contribution >= 0.6 is 15.9 Å². The molecule has 0 aliphatic rings. The van der Waals surface area contributed by atoms with Crippen LogP contribution in [0.3, 0.4) is 0 Å². The Balaban J connectivity index is 2.49. The van der Waals surface area contributed by atoms with E-state index in [4.69, 9.17) is 5.73 Å². The SMILES string of the molecule is NCCCCC(=O)Cc1ccc(F)cc1Br. The third-order valence-corrected chi connectivity index (χ3v) is 3.05. The number of ketones is 1. The van der Waals surface area contributed by atoms with Gasteiger partial charge in [0.15, 0.2) is 0 Å². The van der Waals surface area contributed by atoms with Crippen LogP contribution in [0.5, 0.6) is 0 Å². The second-order valence-electron chi connectivity index (χ2n) is 3.70. The van der Waals surface area contributed by atoms with Crippen molar-refractivity contribution in [2.75, 3.05) is 6.54 Å². The molecule has 0 fully saturated rings. The minimum atomic E-state index is -0.300. The topological polar surface area (TPSA) is 43.1 Å². The molecule has 0 amide bonds. The number of hydrogen-bond acceptors (Lipinski definition) is 2. The van der Waals surface area contributed by atoms with Crippen LogP contribution in [0, 0.1) is 5.82 Å². The predicted molar refractivity (Wildman–Crippen MR) is 65.7 cm³/mol. The Kier molecular flexibility index (Phi) is 5.63. The molecule has 88 valence electrons. The quantitative estimate of drug-likeness (QED) is 0.818. The van der Waals surface area contributed by atoms with Crippen LogP contribution < -0.4 is 5.73 Å². The summed E-state index contributed by atoms with van der Waals surface area (Å²) in [6, 6.07) is 4.38. The maximum absolute atomic E-state index is 12.8. The first-order valence-corrected chi connectivity index (χ1v) is 6.08. The molecule has 2 N–H and O–H groups in total. The molecule has 0 heterocycles. The molecule has 0 aromatic heterocycles. The van der Waals surface area contributed by atoms with E-state index < -0.39 is 0 Å². The minimum absolute atomic E-state index is 0.167. The van der Waals surface area contributed by atoms with Gasteiger partial charge in [0.25, 0.3) is 0 Å². The number of benzene rings is 1. The summed E-state index contributed by atoms with van der Waals surface area (Å²) >= 11 is 3.25. The fourth-order valence-electron chi connectivity index (χ4n) is 1.43. The number of halogens is 2. The number of rotatable bonds is 6. The fourth-order valence-corrected chi connectivity index (χ4v) is 1.92. The van der Waals surface area contributed by atoms with Crippen molar-refractivity contribution in [3.8, 4) is 0 Å². The number of carbonyl (C=O) groups is 1. The molecule has 0 unspecified atom stereocenters. The van der Waals surface area contributed by atoms with E-state index in [1.807, 2.05) is 0 Å². The van der Waals surface area contributed by atoms with Gasteiger partial charge in [-0.25, -0.2) is 4.39 Å². The van der Waals surface area contributed by atoms with Crippen molar-refractivity contribution in [2.45, 2.75) is 25.7 Å². The van der Waals surface area contributed by atoms with Crippen molar-refractivity contribution < 1.29 is 9.18 Å². The highest BCUT2D eigenvalue weighted by atomic mass is 79.9. The largest absolute Gasteiger partial charge is 0.330 e. The molecule has 0 radical (unpaired) electrons. The van der Waals surface area contributed by atoms with Gasteiger partial charge in [-0.2, -0.15) is 0 Å². The second kappa shape index (κ2) is 6.76. The monoisotopic (exact) mass is 287 g/mol. The van der Waals surface area contributed by atoms with Crippen molar-refractivity contribution >= 4 is 21.7 Å². The number of carbonyl (C=O) groups excluding carboxylic acids is 1. The van der Waals surface area contributed by atoms with Crippen molar-refractivity contribution in [1.82, 2.24) is 0 Å². The van der Waals surface area contributed by atoms with Crippen molar-refractivity contribution in [2.24, 2.45) is 5.73 Å². The van der Waals surface area contributed by atoms with E-state index in [1.165, 1.54) is 12.1 Å². The maximum Gasteiger partial charge on any atom is 0.137 e. The Morgan fingerprint density at radius 2 is 2.12 bits per heavy atom. The van der Waals surface area contributed by atoms with Gasteiger partial charge in [-0.1, -0.05) is 22.0 Å². The van der Waals surface area contributed by atoms with Gasteiger partial charge in [0, 0.05) is 17.3 Å². The lowest BCUT2D eigenvalue weighted by Crippen LogP contribution is -2.05. The highest BCUT2D eigenvalue weighted by Gasteiger charge is 2.07. The summed E-state index contributed by atoms with van der Waals surface area (Å²) in [5.74, 6) is -0.132. The first-order valence-electron chi connectivity index (χ1n) is 5.29. The standard InChI is InChI=1S/C12H15BrFNO/c13-12-8-10(14)5-4-9(12)7-11(16)3-1-2-6-15/h4-5,8H,1-3,6-7,15H2. The molecule has 0 saturated carbocycles. The van der Waals surface area contributed by atoms with Crippen molar-refractivity contribution in [3.63, 3.8) is 0 Å². The third-order valence-electron chi connectivity index (χ3n) is 2.31. The van der Waals surface area contributed by atoms with Crippen molar-refractivity contribution in [3.05, 3.63) is 34.1 Å². The molecule has 16 heavy (non-hydrogen) atoms. The Labute approximate surface area is 103 Å². The Bertz CT molecular complexity index is 368. The number of Topliss-reactive ketones (excluding diaryl/α,β-unsaturated/α-hetero) is 1. The molecule has 1 aromatic carbocycles. The van der Waals surface area contributed by atoms with Gasteiger partial charge in [0.05, 0.1) is 0 Å². The first-order chi connectivity index (χ1) is 7.63. The minimum Gasteiger partial charge on any atom is -0.330 e. The number of unbranched alkanes of at least 4 members (excludes halogenated alkanes) is 1. The highest BCUT2D eigenvalue weighted by Crippen LogP contribution is 2.19.